The average Bonchev–Trinajstić information content (AvgIpc) is 3.32. The van der Waals surface area contributed by atoms with E-state index in [1.165, 1.54) is 0 Å². The van der Waals surface area contributed by atoms with Gasteiger partial charge in [-0.1, -0.05) is 0 Å². The van der Waals surface area contributed by atoms with E-state index in [1.807, 2.05) is 18.7 Å². The lowest BCUT2D eigenvalue weighted by atomic mass is 9.65. The maximum absolute atomic E-state index is 12.7. The van der Waals surface area contributed by atoms with Crippen molar-refractivity contribution in [2.24, 2.45) is 5.41 Å². The molecule has 0 unspecified atom stereocenters. The maximum Gasteiger partial charge on any atom is 0.291 e. The smallest absolute Gasteiger partial charge is 0.291 e. The van der Waals surface area contributed by atoms with Gasteiger partial charge in [0.05, 0.1) is 0 Å². The molecule has 4 rings (SSSR count). The van der Waals surface area contributed by atoms with Crippen LogP contribution in [0.15, 0.2) is 12.4 Å². The summed E-state index contributed by atoms with van der Waals surface area (Å²) in [5.74, 6) is 0.208. The van der Waals surface area contributed by atoms with Crippen LogP contribution in [0.4, 0.5) is 0 Å². The quantitative estimate of drug-likeness (QED) is 0.839. The summed E-state index contributed by atoms with van der Waals surface area (Å²) in [4.78, 5) is 26.7. The number of aromatic amines is 1. The van der Waals surface area contributed by atoms with Crippen LogP contribution in [0, 0.1) is 12.3 Å². The summed E-state index contributed by atoms with van der Waals surface area (Å²) in [7, 11) is 0. The Balaban J connectivity index is 1.32. The first kappa shape index (κ1) is 16.7. The summed E-state index contributed by atoms with van der Waals surface area (Å²) in [6.07, 6.45) is 4.34. The molecule has 1 saturated carbocycles. The lowest BCUT2D eigenvalue weighted by Gasteiger charge is -2.45. The molecule has 2 fully saturated rings. The Morgan fingerprint density at radius 1 is 1.42 bits per heavy atom. The summed E-state index contributed by atoms with van der Waals surface area (Å²) in [5, 5.41) is 17.6. The van der Waals surface area contributed by atoms with Gasteiger partial charge in [-0.2, -0.15) is 5.10 Å². The molecule has 0 aromatic carbocycles. The standard InChI is InChI=1S/C17H23N7O2/c1-3-23-10-18-22-14(23)16(26)24-5-4-17(9-24)7-12(8-17)19-15(25)13-6-11(2)20-21-13/h6,10,12H,3-5,7-9H2,1-2H3,(H,19,25)(H,20,21). The van der Waals surface area contributed by atoms with E-state index in [9.17, 15) is 9.59 Å². The molecule has 138 valence electrons. The third kappa shape index (κ3) is 2.87. The molecule has 2 amide bonds. The van der Waals surface area contributed by atoms with Gasteiger partial charge in [0, 0.05) is 31.4 Å². The molecule has 1 aliphatic carbocycles. The summed E-state index contributed by atoms with van der Waals surface area (Å²) >= 11 is 0. The molecule has 1 spiro atoms. The van der Waals surface area contributed by atoms with Gasteiger partial charge in [-0.3, -0.25) is 14.7 Å². The van der Waals surface area contributed by atoms with Gasteiger partial charge in [-0.25, -0.2) is 0 Å². The van der Waals surface area contributed by atoms with Crippen molar-refractivity contribution >= 4 is 11.8 Å². The van der Waals surface area contributed by atoms with Crippen LogP contribution in [0.1, 0.15) is 53.0 Å². The van der Waals surface area contributed by atoms with Crippen LogP contribution in [0.2, 0.25) is 0 Å². The third-order valence-electron chi connectivity index (χ3n) is 5.51. The molecule has 3 heterocycles. The minimum Gasteiger partial charge on any atom is -0.348 e. The van der Waals surface area contributed by atoms with E-state index in [1.54, 1.807) is 17.0 Å². The molecule has 26 heavy (non-hydrogen) atoms. The molecule has 1 aliphatic heterocycles. The highest BCUT2D eigenvalue weighted by Gasteiger charge is 2.50. The highest BCUT2D eigenvalue weighted by Crippen LogP contribution is 2.48. The molecule has 2 aromatic heterocycles. The molecule has 9 nitrogen and oxygen atoms in total. The Morgan fingerprint density at radius 2 is 2.23 bits per heavy atom. The minimum atomic E-state index is -0.142. The number of nitrogens with one attached hydrogen (secondary N) is 2. The number of hydrogen-bond acceptors (Lipinski definition) is 5. The zero-order valence-electron chi connectivity index (χ0n) is 15.0. The molecule has 0 atom stereocenters. The van der Waals surface area contributed by atoms with Gasteiger partial charge in [0.15, 0.2) is 0 Å². The van der Waals surface area contributed by atoms with E-state index in [4.69, 9.17) is 0 Å². The van der Waals surface area contributed by atoms with Crippen molar-refractivity contribution in [3.63, 3.8) is 0 Å². The fourth-order valence-electron chi connectivity index (χ4n) is 4.12. The van der Waals surface area contributed by atoms with Crippen LogP contribution in [0.3, 0.4) is 0 Å². The van der Waals surface area contributed by atoms with Crippen LogP contribution in [0.5, 0.6) is 0 Å². The van der Waals surface area contributed by atoms with Gasteiger partial charge in [0.1, 0.15) is 12.0 Å². The molecular weight excluding hydrogens is 334 g/mol. The monoisotopic (exact) mass is 357 g/mol. The lowest BCUT2D eigenvalue weighted by Crippen LogP contribution is -2.52. The molecule has 9 heteroatoms. The Hall–Kier alpha value is -2.71. The van der Waals surface area contributed by atoms with Crippen LogP contribution in [-0.2, 0) is 6.54 Å². The number of H-pyrrole nitrogens is 1. The van der Waals surface area contributed by atoms with Gasteiger partial charge < -0.3 is 14.8 Å². The second kappa shape index (κ2) is 6.22. The van der Waals surface area contributed by atoms with Gasteiger partial charge in [0.2, 0.25) is 5.82 Å². The SMILES string of the molecule is CCn1cnnc1C(=O)N1CCC2(CC(NC(=O)c3cc(C)[nH]n3)C2)C1. The van der Waals surface area contributed by atoms with E-state index >= 15 is 0 Å². The highest BCUT2D eigenvalue weighted by atomic mass is 16.2. The Bertz CT molecular complexity index is 834. The molecule has 2 N–H and O–H groups in total. The Kier molecular flexibility index (Phi) is 4.01. The van der Waals surface area contributed by atoms with Gasteiger partial charge in [-0.15, -0.1) is 10.2 Å². The van der Waals surface area contributed by atoms with Gasteiger partial charge in [-0.05, 0) is 44.6 Å². The van der Waals surface area contributed by atoms with Crippen LogP contribution < -0.4 is 5.32 Å². The third-order valence-corrected chi connectivity index (χ3v) is 5.51. The molecule has 0 bridgehead atoms. The normalized spacial score (nSPS) is 24.7. The number of nitrogens with zero attached hydrogens (tertiary/aromatic N) is 5. The van der Waals surface area contributed by atoms with Crippen molar-refractivity contribution in [1.82, 2.24) is 35.2 Å². The van der Waals surface area contributed by atoms with Crippen molar-refractivity contribution in [2.75, 3.05) is 13.1 Å². The number of rotatable bonds is 4. The molecule has 2 aromatic rings. The van der Waals surface area contributed by atoms with Crippen molar-refractivity contribution in [3.05, 3.63) is 29.6 Å². The molecule has 1 saturated heterocycles. The zero-order valence-corrected chi connectivity index (χ0v) is 15.0. The van der Waals surface area contributed by atoms with Crippen molar-refractivity contribution in [1.29, 1.82) is 0 Å². The fraction of sp³-hybridized carbons (Fsp3) is 0.588. The highest BCUT2D eigenvalue weighted by molar-refractivity contribution is 5.92. The van der Waals surface area contributed by atoms with Gasteiger partial charge in [0.25, 0.3) is 11.8 Å². The van der Waals surface area contributed by atoms with Gasteiger partial charge >= 0.3 is 0 Å². The lowest BCUT2D eigenvalue weighted by molar-refractivity contribution is 0.0599. The topological polar surface area (TPSA) is 109 Å². The minimum absolute atomic E-state index is 0.0549. The summed E-state index contributed by atoms with van der Waals surface area (Å²) in [6.45, 7) is 5.95. The van der Waals surface area contributed by atoms with E-state index in [-0.39, 0.29) is 23.3 Å². The number of carbonyl (C=O) groups excluding carboxylic acids is 2. The average molecular weight is 357 g/mol. The Morgan fingerprint density at radius 3 is 2.92 bits per heavy atom. The van der Waals surface area contributed by atoms with E-state index in [0.29, 0.717) is 18.1 Å². The molecular formula is C17H23N7O2. The fourth-order valence-corrected chi connectivity index (χ4v) is 4.12. The number of likely N-dealkylation sites (tertiary alicyclic amines) is 1. The molecule has 0 radical (unpaired) electrons. The number of aromatic nitrogens is 5. The number of carbonyl (C=O) groups is 2. The van der Waals surface area contributed by atoms with Crippen molar-refractivity contribution in [2.45, 2.75) is 45.7 Å². The van der Waals surface area contributed by atoms with E-state index in [0.717, 1.165) is 38.0 Å². The number of aryl methyl sites for hydroxylation is 2. The second-order valence-electron chi connectivity index (χ2n) is 7.43. The molecule has 2 aliphatic rings. The summed E-state index contributed by atoms with van der Waals surface area (Å²) in [6, 6.07) is 1.89. The van der Waals surface area contributed by atoms with Crippen LogP contribution in [-0.4, -0.2) is 60.8 Å². The van der Waals surface area contributed by atoms with E-state index in [2.05, 4.69) is 25.7 Å². The predicted molar refractivity (Wildman–Crippen MR) is 92.5 cm³/mol. The number of amides is 2. The first-order valence-electron chi connectivity index (χ1n) is 9.00. The predicted octanol–water partition coefficient (Wildman–Crippen LogP) is 0.754. The van der Waals surface area contributed by atoms with Crippen molar-refractivity contribution in [3.8, 4) is 0 Å². The summed E-state index contributed by atoms with van der Waals surface area (Å²) < 4.78 is 1.77. The maximum atomic E-state index is 12.7. The summed E-state index contributed by atoms with van der Waals surface area (Å²) in [5.41, 5.74) is 1.40. The first-order valence-corrected chi connectivity index (χ1v) is 9.00. The number of hydrogen-bond donors (Lipinski definition) is 2. The second-order valence-corrected chi connectivity index (χ2v) is 7.43. The first-order chi connectivity index (χ1) is 12.5. The van der Waals surface area contributed by atoms with Crippen molar-refractivity contribution < 1.29 is 9.59 Å². The van der Waals surface area contributed by atoms with Crippen LogP contribution >= 0.6 is 0 Å². The Labute approximate surface area is 151 Å². The zero-order chi connectivity index (χ0) is 18.3. The van der Waals surface area contributed by atoms with Crippen LogP contribution in [0.25, 0.3) is 0 Å². The van der Waals surface area contributed by atoms with E-state index < -0.39 is 0 Å². The largest absolute Gasteiger partial charge is 0.348 e.